The Kier molecular flexibility index (Phi) is 5.16. The molecule has 6 rings (SSSR count). The molecule has 178 valence electrons. The van der Waals surface area contributed by atoms with Gasteiger partial charge in [0.15, 0.2) is 11.0 Å². The summed E-state index contributed by atoms with van der Waals surface area (Å²) in [6, 6.07) is 0.0791. The molecule has 0 aromatic carbocycles. The Morgan fingerprint density at radius 3 is 2.82 bits per heavy atom. The van der Waals surface area contributed by atoms with Gasteiger partial charge in [-0.05, 0) is 50.5 Å². The lowest BCUT2D eigenvalue weighted by molar-refractivity contribution is -0.0396. The van der Waals surface area contributed by atoms with Crippen molar-refractivity contribution in [3.8, 4) is 6.01 Å². The van der Waals surface area contributed by atoms with Crippen molar-refractivity contribution in [3.05, 3.63) is 17.2 Å². The minimum Gasteiger partial charge on any atom is -0.461 e. The van der Waals surface area contributed by atoms with E-state index in [4.69, 9.17) is 21.3 Å². The Morgan fingerprint density at radius 2 is 2.00 bits per heavy atom. The van der Waals surface area contributed by atoms with Gasteiger partial charge in [0.1, 0.15) is 24.1 Å². The minimum absolute atomic E-state index is 0.0671. The molecule has 0 radical (unpaired) electrons. The van der Waals surface area contributed by atoms with Crippen LogP contribution in [0.4, 0.5) is 14.6 Å². The van der Waals surface area contributed by atoms with Crippen molar-refractivity contribution in [3.63, 3.8) is 0 Å². The van der Waals surface area contributed by atoms with Gasteiger partial charge in [-0.15, -0.1) is 0 Å². The lowest BCUT2D eigenvalue weighted by Gasteiger charge is -2.51. The van der Waals surface area contributed by atoms with Crippen LogP contribution in [-0.2, 0) is 0 Å². The summed E-state index contributed by atoms with van der Waals surface area (Å²) in [6.07, 6.45) is 6.31. The fraction of sp³-hybridized carbons (Fsp3) is 0.696. The summed E-state index contributed by atoms with van der Waals surface area (Å²) in [7, 11) is 0. The largest absolute Gasteiger partial charge is 0.461 e. The van der Waals surface area contributed by atoms with E-state index in [-0.39, 0.29) is 40.3 Å². The summed E-state index contributed by atoms with van der Waals surface area (Å²) in [6.45, 7) is 3.08. The van der Waals surface area contributed by atoms with Gasteiger partial charge in [0, 0.05) is 32.3 Å². The van der Waals surface area contributed by atoms with Crippen LogP contribution in [0.1, 0.15) is 44.9 Å². The normalized spacial score (nSPS) is 34.1. The Bertz CT molecular complexity index is 1080. The zero-order valence-corrected chi connectivity index (χ0v) is 19.2. The highest BCUT2D eigenvalue weighted by atomic mass is 35.5. The third-order valence-corrected chi connectivity index (χ3v) is 8.39. The van der Waals surface area contributed by atoms with Gasteiger partial charge < -0.3 is 14.7 Å². The number of aliphatic hydroxyl groups excluding tert-OH is 1. The molecular weight excluding hydrogens is 452 g/mol. The number of rotatable bonds is 4. The van der Waals surface area contributed by atoms with Gasteiger partial charge in [-0.3, -0.25) is 4.90 Å². The molecule has 0 amide bonds. The molecule has 1 N–H and O–H groups in total. The number of ether oxygens (including phenoxy) is 1. The molecule has 3 saturated heterocycles. The van der Waals surface area contributed by atoms with E-state index in [1.807, 2.05) is 0 Å². The number of aliphatic hydroxyl groups is 1. The molecule has 4 fully saturated rings. The molecule has 1 aliphatic carbocycles. The van der Waals surface area contributed by atoms with Gasteiger partial charge in [-0.1, -0.05) is 11.6 Å². The molecule has 1 spiro atoms. The number of halogens is 3. The highest BCUT2D eigenvalue weighted by molar-refractivity contribution is 6.30. The Hall–Kier alpha value is -1.84. The van der Waals surface area contributed by atoms with Crippen LogP contribution in [0.5, 0.6) is 6.01 Å². The molecule has 7 nitrogen and oxygen atoms in total. The van der Waals surface area contributed by atoms with Crippen LogP contribution in [0.3, 0.4) is 0 Å². The van der Waals surface area contributed by atoms with E-state index in [0.29, 0.717) is 24.2 Å². The molecule has 4 aliphatic rings. The van der Waals surface area contributed by atoms with Gasteiger partial charge in [0.2, 0.25) is 0 Å². The highest BCUT2D eigenvalue weighted by Gasteiger charge is 2.50. The molecule has 10 heteroatoms. The molecule has 33 heavy (non-hydrogen) atoms. The van der Waals surface area contributed by atoms with Crippen LogP contribution in [0.2, 0.25) is 5.15 Å². The van der Waals surface area contributed by atoms with Crippen LogP contribution < -0.4 is 9.64 Å². The van der Waals surface area contributed by atoms with Crippen molar-refractivity contribution in [2.24, 2.45) is 5.41 Å². The van der Waals surface area contributed by atoms with Gasteiger partial charge in [-0.2, -0.15) is 9.97 Å². The van der Waals surface area contributed by atoms with Crippen molar-refractivity contribution < 1.29 is 18.6 Å². The molecule has 2 aromatic rings. The molecule has 2 atom stereocenters. The average Bonchev–Trinajstić information content (AvgIpc) is 3.29. The number of piperidine rings is 1. The van der Waals surface area contributed by atoms with E-state index in [1.165, 1.54) is 6.20 Å². The molecule has 2 aromatic heterocycles. The van der Waals surface area contributed by atoms with E-state index in [0.717, 1.165) is 58.2 Å². The second-order valence-electron chi connectivity index (χ2n) is 10.4. The Balaban J connectivity index is 1.34. The number of fused-ring (bicyclic) bond motifs is 2. The lowest BCUT2D eigenvalue weighted by Crippen LogP contribution is -2.52. The van der Waals surface area contributed by atoms with E-state index in [9.17, 15) is 13.9 Å². The summed E-state index contributed by atoms with van der Waals surface area (Å²) in [5.41, 5.74) is -0.194. The number of anilines is 1. The molecule has 3 aliphatic heterocycles. The summed E-state index contributed by atoms with van der Waals surface area (Å²) in [5, 5.41) is 10.2. The monoisotopic (exact) mass is 479 g/mol. The van der Waals surface area contributed by atoms with Crippen LogP contribution in [0, 0.1) is 11.2 Å². The van der Waals surface area contributed by atoms with E-state index in [1.54, 1.807) is 0 Å². The van der Waals surface area contributed by atoms with Crippen molar-refractivity contribution in [1.82, 2.24) is 19.9 Å². The van der Waals surface area contributed by atoms with Crippen LogP contribution >= 0.6 is 11.6 Å². The van der Waals surface area contributed by atoms with Crippen molar-refractivity contribution in [2.45, 2.75) is 62.8 Å². The van der Waals surface area contributed by atoms with Crippen LogP contribution in [0.15, 0.2) is 6.20 Å². The van der Waals surface area contributed by atoms with Crippen molar-refractivity contribution in [2.75, 3.05) is 37.7 Å². The fourth-order valence-electron chi connectivity index (χ4n) is 6.61. The third-order valence-electron chi connectivity index (χ3n) is 8.13. The van der Waals surface area contributed by atoms with Gasteiger partial charge in [0.05, 0.1) is 17.0 Å². The fourth-order valence-corrected chi connectivity index (χ4v) is 6.75. The van der Waals surface area contributed by atoms with Crippen LogP contribution in [0.25, 0.3) is 10.9 Å². The van der Waals surface area contributed by atoms with Gasteiger partial charge >= 0.3 is 6.01 Å². The predicted molar refractivity (Wildman–Crippen MR) is 120 cm³/mol. The first-order chi connectivity index (χ1) is 15.9. The standard InChI is InChI=1S/C23H28ClF2N5O2/c24-19-17(26)18-16(10-27-19)20(30-5-1-3-22(12-30)8-15(32)9-22)29-21(28-18)33-13-23-4-2-6-31(23)11-14(25)7-23/h10,14-15,32H,1-9,11-13H2/t14-,15?,22?,23+/m1/s1. The van der Waals surface area contributed by atoms with E-state index >= 15 is 0 Å². The second-order valence-corrected chi connectivity index (χ2v) is 10.8. The SMILES string of the molecule is OC1CC2(CCCN(c3nc(OC[C@@]45CCCN4C[C@H](F)C5)nc4c(F)c(Cl)ncc34)C2)C1. The first-order valence-corrected chi connectivity index (χ1v) is 12.2. The number of alkyl halides is 1. The summed E-state index contributed by atoms with van der Waals surface area (Å²) >= 11 is 5.96. The topological polar surface area (TPSA) is 74.6 Å². The smallest absolute Gasteiger partial charge is 0.319 e. The maximum Gasteiger partial charge on any atom is 0.319 e. The predicted octanol–water partition coefficient (Wildman–Crippen LogP) is 3.51. The Morgan fingerprint density at radius 1 is 1.18 bits per heavy atom. The first kappa shape index (κ1) is 21.7. The van der Waals surface area contributed by atoms with E-state index in [2.05, 4.69) is 19.8 Å². The second kappa shape index (κ2) is 7.85. The average molecular weight is 480 g/mol. The quantitative estimate of drug-likeness (QED) is 0.672. The molecule has 0 bridgehead atoms. The molecular formula is C23H28ClF2N5O2. The number of aromatic nitrogens is 3. The summed E-state index contributed by atoms with van der Waals surface area (Å²) in [5.74, 6) is -0.118. The first-order valence-electron chi connectivity index (χ1n) is 11.8. The zero-order chi connectivity index (χ0) is 22.8. The van der Waals surface area contributed by atoms with E-state index < -0.39 is 12.0 Å². The third kappa shape index (κ3) is 3.63. The zero-order valence-electron chi connectivity index (χ0n) is 18.4. The van der Waals surface area contributed by atoms with Gasteiger partial charge in [-0.25, -0.2) is 13.8 Å². The highest BCUT2D eigenvalue weighted by Crippen LogP contribution is 2.49. The summed E-state index contributed by atoms with van der Waals surface area (Å²) < 4.78 is 35.2. The number of nitrogens with zero attached hydrogens (tertiary/aromatic N) is 5. The lowest BCUT2D eigenvalue weighted by atomic mass is 9.62. The van der Waals surface area contributed by atoms with Crippen molar-refractivity contribution in [1.29, 1.82) is 0 Å². The number of hydrogen-bond acceptors (Lipinski definition) is 7. The molecule has 1 saturated carbocycles. The van der Waals surface area contributed by atoms with Gasteiger partial charge in [0.25, 0.3) is 0 Å². The maximum atomic E-state index is 15.0. The van der Waals surface area contributed by atoms with Crippen LogP contribution in [-0.4, -0.2) is 75.6 Å². The number of hydrogen-bond donors (Lipinski definition) is 1. The Labute approximate surface area is 196 Å². The summed E-state index contributed by atoms with van der Waals surface area (Å²) in [4.78, 5) is 17.3. The minimum atomic E-state index is -0.855. The molecule has 0 unspecified atom stereocenters. The number of pyridine rings is 1. The molecule has 5 heterocycles. The maximum absolute atomic E-state index is 15.0. The van der Waals surface area contributed by atoms with Crippen molar-refractivity contribution >= 4 is 28.3 Å².